The van der Waals surface area contributed by atoms with Crippen LogP contribution in [-0.4, -0.2) is 36.7 Å². The number of rotatable bonds is 6. The predicted octanol–water partition coefficient (Wildman–Crippen LogP) is 4.07. The summed E-state index contributed by atoms with van der Waals surface area (Å²) < 4.78 is 33.0. The van der Waals surface area contributed by atoms with E-state index < -0.39 is 26.9 Å². The number of hydrogen-bond acceptors (Lipinski definition) is 6. The fourth-order valence-electron chi connectivity index (χ4n) is 3.71. The number of amides is 1. The first-order valence-corrected chi connectivity index (χ1v) is 11.5. The summed E-state index contributed by atoms with van der Waals surface area (Å²) in [4.78, 5) is 23.4. The molecule has 0 radical (unpaired) electrons. The zero-order valence-corrected chi connectivity index (χ0v) is 18.4. The summed E-state index contributed by atoms with van der Waals surface area (Å²) in [5.74, 6) is 0.0517. The number of methoxy groups -OCH3 is 1. The van der Waals surface area contributed by atoms with Gasteiger partial charge in [-0.05, 0) is 47.9 Å². The van der Waals surface area contributed by atoms with Crippen LogP contribution in [0.25, 0.3) is 6.08 Å². The molecule has 0 saturated heterocycles. The van der Waals surface area contributed by atoms with E-state index in [0.29, 0.717) is 17.7 Å². The number of nitrogens with zero attached hydrogens (tertiary/aromatic N) is 2. The summed E-state index contributed by atoms with van der Waals surface area (Å²) in [6.07, 6.45) is 3.74. The van der Waals surface area contributed by atoms with Crippen LogP contribution in [0, 0.1) is 10.1 Å². The molecule has 1 heterocycles. The Bertz CT molecular complexity index is 1330. The molecule has 3 aromatic carbocycles. The van der Waals surface area contributed by atoms with Gasteiger partial charge in [-0.1, -0.05) is 42.5 Å². The molecule has 0 saturated carbocycles. The van der Waals surface area contributed by atoms with Crippen molar-refractivity contribution in [3.63, 3.8) is 0 Å². The molecule has 9 heteroatoms. The summed E-state index contributed by atoms with van der Waals surface area (Å²) >= 11 is 0. The highest BCUT2D eigenvalue weighted by Gasteiger charge is 2.39. The molecule has 3 aromatic rings. The molecule has 1 aliphatic heterocycles. The van der Waals surface area contributed by atoms with Gasteiger partial charge in [0.2, 0.25) is 0 Å². The van der Waals surface area contributed by atoms with E-state index >= 15 is 0 Å². The number of hydrogen-bond donors (Lipinski definition) is 0. The molecule has 0 bridgehead atoms. The van der Waals surface area contributed by atoms with E-state index in [1.807, 2.05) is 12.1 Å². The van der Waals surface area contributed by atoms with Crippen LogP contribution in [0.2, 0.25) is 0 Å². The van der Waals surface area contributed by atoms with E-state index in [1.165, 1.54) is 0 Å². The fourth-order valence-corrected chi connectivity index (χ4v) is 5.23. The maximum absolute atomic E-state index is 13.5. The summed E-state index contributed by atoms with van der Waals surface area (Å²) in [6, 6.07) is 17.8. The third-order valence-corrected chi connectivity index (χ3v) is 7.23. The Hall–Kier alpha value is -3.98. The molecular weight excluding hydrogens is 444 g/mol. The molecule has 0 N–H and O–H groups in total. The molecule has 1 amide bonds. The minimum Gasteiger partial charge on any atom is -0.497 e. The number of fused-ring (bicyclic) bond motifs is 1. The topological polar surface area (TPSA) is 107 Å². The summed E-state index contributed by atoms with van der Waals surface area (Å²) in [5.41, 5.74) is 1.65. The summed E-state index contributed by atoms with van der Waals surface area (Å²) in [5, 5.41) is 10.9. The molecule has 1 aliphatic rings. The fraction of sp³-hybridized carbons (Fsp3) is 0.125. The Balaban J connectivity index is 1.75. The smallest absolute Gasteiger partial charge is 0.269 e. The number of nitro groups is 1. The third kappa shape index (κ3) is 4.35. The van der Waals surface area contributed by atoms with Crippen molar-refractivity contribution in [1.29, 1.82) is 0 Å². The minimum absolute atomic E-state index is 0.191. The van der Waals surface area contributed by atoms with E-state index in [9.17, 15) is 23.3 Å². The average molecular weight is 464 g/mol. The van der Waals surface area contributed by atoms with Gasteiger partial charge in [-0.3, -0.25) is 14.9 Å². The van der Waals surface area contributed by atoms with Crippen molar-refractivity contribution < 1.29 is 22.9 Å². The van der Waals surface area contributed by atoms with Gasteiger partial charge in [-0.25, -0.2) is 12.7 Å². The number of nitro benzene ring substituents is 1. The monoisotopic (exact) mass is 464 g/mol. The number of carbonyl (C=O) groups excluding carboxylic acids is 1. The van der Waals surface area contributed by atoms with Gasteiger partial charge in [0.05, 0.1) is 23.0 Å². The Morgan fingerprint density at radius 3 is 2.33 bits per heavy atom. The van der Waals surface area contributed by atoms with Gasteiger partial charge in [0, 0.05) is 17.7 Å². The second kappa shape index (κ2) is 8.87. The average Bonchev–Trinajstić information content (AvgIpc) is 2.83. The lowest BCUT2D eigenvalue weighted by Crippen LogP contribution is -2.48. The van der Waals surface area contributed by atoms with Crippen LogP contribution in [0.5, 0.6) is 5.75 Å². The van der Waals surface area contributed by atoms with Crippen molar-refractivity contribution in [3.05, 3.63) is 106 Å². The first-order chi connectivity index (χ1) is 15.8. The number of sulfonamides is 1. The number of carbonyl (C=O) groups is 1. The van der Waals surface area contributed by atoms with Gasteiger partial charge in [-0.15, -0.1) is 0 Å². The molecule has 4 rings (SSSR count). The number of benzene rings is 3. The highest BCUT2D eigenvalue weighted by molar-refractivity contribution is 7.89. The van der Waals surface area contributed by atoms with Gasteiger partial charge in [0.25, 0.3) is 21.6 Å². The predicted molar refractivity (Wildman–Crippen MR) is 122 cm³/mol. The van der Waals surface area contributed by atoms with Crippen LogP contribution in [-0.2, 0) is 16.4 Å². The number of ether oxygens (including phenoxy) is 1. The van der Waals surface area contributed by atoms with E-state index in [4.69, 9.17) is 4.74 Å². The van der Waals surface area contributed by atoms with Crippen molar-refractivity contribution in [2.75, 3.05) is 7.11 Å². The standard InChI is InChI=1S/C24H20N2O6S/c1-32-21-12-7-17(8-13-21)6-9-20-16-18-4-2-3-5-23(18)24(27)25(20)33(30,31)22-14-10-19(11-15-22)26(28)29/h2-15,20H,16H2,1H3/b9-6+/t20-/m1/s1. The lowest BCUT2D eigenvalue weighted by Gasteiger charge is -2.34. The Morgan fingerprint density at radius 1 is 1.03 bits per heavy atom. The van der Waals surface area contributed by atoms with Crippen molar-refractivity contribution in [3.8, 4) is 5.75 Å². The molecular formula is C24H20N2O6S. The number of non-ortho nitro benzene ring substituents is 1. The lowest BCUT2D eigenvalue weighted by molar-refractivity contribution is -0.384. The zero-order chi connectivity index (χ0) is 23.6. The maximum Gasteiger partial charge on any atom is 0.269 e. The molecule has 33 heavy (non-hydrogen) atoms. The van der Waals surface area contributed by atoms with Crippen molar-refractivity contribution in [2.45, 2.75) is 17.4 Å². The summed E-state index contributed by atoms with van der Waals surface area (Å²) in [6.45, 7) is 0. The van der Waals surface area contributed by atoms with Crippen LogP contribution in [0.4, 0.5) is 5.69 Å². The Morgan fingerprint density at radius 2 is 1.70 bits per heavy atom. The van der Waals surface area contributed by atoms with Crippen LogP contribution >= 0.6 is 0 Å². The zero-order valence-electron chi connectivity index (χ0n) is 17.6. The van der Waals surface area contributed by atoms with E-state index in [1.54, 1.807) is 55.7 Å². The highest BCUT2D eigenvalue weighted by Crippen LogP contribution is 2.31. The molecule has 168 valence electrons. The molecule has 0 spiro atoms. The molecule has 0 fully saturated rings. The molecule has 8 nitrogen and oxygen atoms in total. The quantitative estimate of drug-likeness (QED) is 0.402. The van der Waals surface area contributed by atoms with Crippen LogP contribution < -0.4 is 4.74 Å². The van der Waals surface area contributed by atoms with Gasteiger partial charge in [-0.2, -0.15) is 0 Å². The van der Waals surface area contributed by atoms with Gasteiger partial charge < -0.3 is 4.74 Å². The first-order valence-electron chi connectivity index (χ1n) is 10.0. The van der Waals surface area contributed by atoms with E-state index in [0.717, 1.165) is 39.7 Å². The van der Waals surface area contributed by atoms with Crippen LogP contribution in [0.15, 0.2) is 83.8 Å². The second-order valence-electron chi connectivity index (χ2n) is 7.42. The first kappa shape index (κ1) is 22.2. The largest absolute Gasteiger partial charge is 0.497 e. The molecule has 0 aliphatic carbocycles. The third-order valence-electron chi connectivity index (χ3n) is 5.41. The van der Waals surface area contributed by atoms with Crippen molar-refractivity contribution in [2.24, 2.45) is 0 Å². The van der Waals surface area contributed by atoms with Crippen LogP contribution in [0.1, 0.15) is 21.5 Å². The normalized spacial score (nSPS) is 16.0. The maximum atomic E-state index is 13.5. The highest BCUT2D eigenvalue weighted by atomic mass is 32.2. The van der Waals surface area contributed by atoms with Crippen molar-refractivity contribution >= 4 is 27.7 Å². The van der Waals surface area contributed by atoms with E-state index in [-0.39, 0.29) is 10.6 Å². The van der Waals surface area contributed by atoms with Gasteiger partial charge in [0.15, 0.2) is 0 Å². The minimum atomic E-state index is -4.27. The van der Waals surface area contributed by atoms with Gasteiger partial charge in [0.1, 0.15) is 5.75 Å². The van der Waals surface area contributed by atoms with Crippen LogP contribution in [0.3, 0.4) is 0 Å². The summed E-state index contributed by atoms with van der Waals surface area (Å²) in [7, 11) is -2.70. The SMILES string of the molecule is COc1ccc(/C=C/[C@@H]2Cc3ccccc3C(=O)N2S(=O)(=O)c2ccc([N+](=O)[O-])cc2)cc1. The Kier molecular flexibility index (Phi) is 5.97. The molecule has 1 atom stereocenters. The van der Waals surface area contributed by atoms with Crippen molar-refractivity contribution in [1.82, 2.24) is 4.31 Å². The lowest BCUT2D eigenvalue weighted by atomic mass is 9.94. The van der Waals surface area contributed by atoms with E-state index in [2.05, 4.69) is 0 Å². The second-order valence-corrected chi connectivity index (χ2v) is 9.23. The Labute approximate surface area is 190 Å². The molecule has 0 aromatic heterocycles. The van der Waals surface area contributed by atoms with Gasteiger partial charge >= 0.3 is 0 Å². The molecule has 0 unspecified atom stereocenters.